The van der Waals surface area contributed by atoms with Gasteiger partial charge in [-0.1, -0.05) is 50.6 Å². The maximum Gasteiger partial charge on any atom is 0.227 e. The van der Waals surface area contributed by atoms with Gasteiger partial charge in [0.15, 0.2) is 0 Å². The van der Waals surface area contributed by atoms with E-state index in [0.717, 1.165) is 32.5 Å². The first kappa shape index (κ1) is 16.0. The number of rotatable bonds is 3. The molecule has 1 fully saturated rings. The molecule has 1 aliphatic heterocycles. The lowest BCUT2D eigenvalue weighted by molar-refractivity contribution is -0.140. The van der Waals surface area contributed by atoms with Crippen LogP contribution in [-0.2, 0) is 11.3 Å². The Morgan fingerprint density at radius 3 is 2.29 bits per heavy atom. The highest BCUT2D eigenvalue weighted by molar-refractivity contribution is 5.81. The van der Waals surface area contributed by atoms with E-state index in [2.05, 4.69) is 36.5 Å². The zero-order valence-electron chi connectivity index (χ0n) is 13.8. The molecule has 0 bridgehead atoms. The van der Waals surface area contributed by atoms with Crippen LogP contribution in [0.2, 0.25) is 0 Å². The van der Waals surface area contributed by atoms with Crippen LogP contribution in [0.1, 0.15) is 44.7 Å². The lowest BCUT2D eigenvalue weighted by Crippen LogP contribution is -2.48. The molecule has 0 spiro atoms. The minimum Gasteiger partial charge on any atom is -0.342 e. The highest BCUT2D eigenvalue weighted by Crippen LogP contribution is 2.21. The summed E-state index contributed by atoms with van der Waals surface area (Å²) >= 11 is 0. The van der Waals surface area contributed by atoms with Crippen molar-refractivity contribution in [1.82, 2.24) is 10.2 Å². The summed E-state index contributed by atoms with van der Waals surface area (Å²) in [6.45, 7) is 10.8. The number of nitrogens with one attached hydrogen (secondary N) is 1. The van der Waals surface area contributed by atoms with Crippen LogP contribution in [0.25, 0.3) is 0 Å². The zero-order chi connectivity index (χ0) is 15.5. The molecule has 1 aromatic carbocycles. The van der Waals surface area contributed by atoms with Gasteiger partial charge in [-0.25, -0.2) is 0 Å². The van der Waals surface area contributed by atoms with Gasteiger partial charge in [0.25, 0.3) is 0 Å². The number of carbonyl (C=O) groups is 1. The Kier molecular flexibility index (Phi) is 5.04. The van der Waals surface area contributed by atoms with Crippen LogP contribution in [-0.4, -0.2) is 29.9 Å². The van der Waals surface area contributed by atoms with Gasteiger partial charge in [0.1, 0.15) is 0 Å². The second kappa shape index (κ2) is 6.61. The second-order valence-corrected chi connectivity index (χ2v) is 7.18. The van der Waals surface area contributed by atoms with Crippen LogP contribution >= 0.6 is 0 Å². The monoisotopic (exact) mass is 288 g/mol. The van der Waals surface area contributed by atoms with Crippen molar-refractivity contribution in [2.45, 2.75) is 53.1 Å². The first-order chi connectivity index (χ1) is 9.86. The smallest absolute Gasteiger partial charge is 0.227 e. The molecule has 1 N–H and O–H groups in total. The lowest BCUT2D eigenvalue weighted by Gasteiger charge is -2.36. The topological polar surface area (TPSA) is 32.3 Å². The number of nitrogens with zero attached hydrogens (tertiary/aromatic N) is 1. The maximum absolute atomic E-state index is 12.2. The quantitative estimate of drug-likeness (QED) is 0.927. The molecule has 0 atom stereocenters. The molecule has 0 saturated carbocycles. The Balaban J connectivity index is 1.77. The van der Waals surface area contributed by atoms with Crippen LogP contribution in [0.15, 0.2) is 24.3 Å². The Morgan fingerprint density at radius 2 is 1.76 bits per heavy atom. The molecular weight excluding hydrogens is 260 g/mol. The lowest BCUT2D eigenvalue weighted by atomic mass is 9.93. The van der Waals surface area contributed by atoms with Gasteiger partial charge >= 0.3 is 0 Å². The van der Waals surface area contributed by atoms with E-state index >= 15 is 0 Å². The molecule has 116 valence electrons. The van der Waals surface area contributed by atoms with Crippen molar-refractivity contribution in [3.05, 3.63) is 35.4 Å². The van der Waals surface area contributed by atoms with Crippen molar-refractivity contribution >= 4 is 5.91 Å². The number of hydrogen-bond acceptors (Lipinski definition) is 2. The molecule has 21 heavy (non-hydrogen) atoms. The third-order valence-electron chi connectivity index (χ3n) is 4.14. The summed E-state index contributed by atoms with van der Waals surface area (Å²) in [6.07, 6.45) is 2.10. The number of likely N-dealkylation sites (tertiary alicyclic amines) is 1. The SMILES string of the molecule is Cc1ccc(CNC2CCN(C(=O)C(C)(C)C)CC2)cc1. The number of hydrogen-bond donors (Lipinski definition) is 1. The average Bonchev–Trinajstić information content (AvgIpc) is 2.45. The van der Waals surface area contributed by atoms with Gasteiger partial charge < -0.3 is 10.2 Å². The molecule has 0 radical (unpaired) electrons. The highest BCUT2D eigenvalue weighted by Gasteiger charge is 2.30. The molecule has 1 heterocycles. The van der Waals surface area contributed by atoms with E-state index in [1.165, 1.54) is 11.1 Å². The minimum atomic E-state index is -0.262. The summed E-state index contributed by atoms with van der Waals surface area (Å²) in [4.78, 5) is 14.3. The first-order valence-corrected chi connectivity index (χ1v) is 7.94. The van der Waals surface area contributed by atoms with Gasteiger partial charge in [-0.2, -0.15) is 0 Å². The molecular formula is C18H28N2O. The second-order valence-electron chi connectivity index (χ2n) is 7.18. The first-order valence-electron chi connectivity index (χ1n) is 7.94. The Labute approximate surface area is 128 Å². The molecule has 3 heteroatoms. The van der Waals surface area contributed by atoms with Crippen LogP contribution in [0.3, 0.4) is 0 Å². The van der Waals surface area contributed by atoms with E-state index in [-0.39, 0.29) is 11.3 Å². The fourth-order valence-corrected chi connectivity index (χ4v) is 2.73. The van der Waals surface area contributed by atoms with Crippen molar-refractivity contribution in [1.29, 1.82) is 0 Å². The van der Waals surface area contributed by atoms with Crippen molar-refractivity contribution in [2.75, 3.05) is 13.1 Å². The van der Waals surface area contributed by atoms with Crippen LogP contribution < -0.4 is 5.32 Å². The molecule has 3 nitrogen and oxygen atoms in total. The number of amides is 1. The minimum absolute atomic E-state index is 0.262. The Morgan fingerprint density at radius 1 is 1.19 bits per heavy atom. The molecule has 2 rings (SSSR count). The van der Waals surface area contributed by atoms with Crippen LogP contribution in [0.5, 0.6) is 0 Å². The molecule has 1 aromatic rings. The van der Waals surface area contributed by atoms with E-state index in [4.69, 9.17) is 0 Å². The summed E-state index contributed by atoms with van der Waals surface area (Å²) in [7, 11) is 0. The maximum atomic E-state index is 12.2. The van der Waals surface area contributed by atoms with Gasteiger partial charge in [0.2, 0.25) is 5.91 Å². The summed E-state index contributed by atoms with van der Waals surface area (Å²) in [5.74, 6) is 0.277. The van der Waals surface area contributed by atoms with Gasteiger partial charge in [-0.15, -0.1) is 0 Å². The van der Waals surface area contributed by atoms with E-state index in [0.29, 0.717) is 6.04 Å². The normalized spacial score (nSPS) is 17.0. The van der Waals surface area contributed by atoms with Gasteiger partial charge in [0.05, 0.1) is 0 Å². The largest absolute Gasteiger partial charge is 0.342 e. The van der Waals surface area contributed by atoms with Crippen molar-refractivity contribution < 1.29 is 4.79 Å². The van der Waals surface area contributed by atoms with Gasteiger partial charge in [-0.3, -0.25) is 4.79 Å². The van der Waals surface area contributed by atoms with Crippen LogP contribution in [0.4, 0.5) is 0 Å². The van der Waals surface area contributed by atoms with Gasteiger partial charge in [-0.05, 0) is 25.3 Å². The summed E-state index contributed by atoms with van der Waals surface area (Å²) < 4.78 is 0. The Bertz CT molecular complexity index is 465. The molecule has 0 unspecified atom stereocenters. The highest BCUT2D eigenvalue weighted by atomic mass is 16.2. The predicted molar refractivity (Wildman–Crippen MR) is 87.1 cm³/mol. The fourth-order valence-electron chi connectivity index (χ4n) is 2.73. The van der Waals surface area contributed by atoms with Crippen LogP contribution in [0, 0.1) is 12.3 Å². The van der Waals surface area contributed by atoms with E-state index in [9.17, 15) is 4.79 Å². The predicted octanol–water partition coefficient (Wildman–Crippen LogP) is 3.12. The Hall–Kier alpha value is -1.35. The standard InChI is InChI=1S/C18H28N2O/c1-14-5-7-15(8-6-14)13-19-16-9-11-20(12-10-16)17(21)18(2,3)4/h5-8,16,19H,9-13H2,1-4H3. The fraction of sp³-hybridized carbons (Fsp3) is 0.611. The third kappa shape index (κ3) is 4.57. The molecule has 1 aliphatic rings. The molecule has 1 saturated heterocycles. The molecule has 1 amide bonds. The summed E-state index contributed by atoms with van der Waals surface area (Å²) in [5, 5.41) is 3.62. The van der Waals surface area contributed by atoms with Crippen molar-refractivity contribution in [3.8, 4) is 0 Å². The average molecular weight is 288 g/mol. The summed E-state index contributed by atoms with van der Waals surface area (Å²) in [5.41, 5.74) is 2.36. The number of piperidine rings is 1. The number of benzene rings is 1. The van der Waals surface area contributed by atoms with E-state index in [1.807, 2.05) is 25.7 Å². The zero-order valence-corrected chi connectivity index (χ0v) is 13.8. The number of aryl methyl sites for hydroxylation is 1. The van der Waals surface area contributed by atoms with Crippen molar-refractivity contribution in [3.63, 3.8) is 0 Å². The van der Waals surface area contributed by atoms with Crippen molar-refractivity contribution in [2.24, 2.45) is 5.41 Å². The summed E-state index contributed by atoms with van der Waals surface area (Å²) in [6, 6.07) is 9.19. The number of carbonyl (C=O) groups excluding carboxylic acids is 1. The van der Waals surface area contributed by atoms with E-state index in [1.54, 1.807) is 0 Å². The molecule has 0 aliphatic carbocycles. The molecule has 0 aromatic heterocycles. The third-order valence-corrected chi connectivity index (χ3v) is 4.14. The van der Waals surface area contributed by atoms with Gasteiger partial charge in [0, 0.05) is 31.1 Å². The van der Waals surface area contributed by atoms with E-state index < -0.39 is 0 Å².